The van der Waals surface area contributed by atoms with Crippen molar-refractivity contribution in [2.75, 3.05) is 0 Å². The van der Waals surface area contributed by atoms with Gasteiger partial charge in [-0.15, -0.1) is 0 Å². The summed E-state index contributed by atoms with van der Waals surface area (Å²) in [5.74, 6) is -1.10. The van der Waals surface area contributed by atoms with Gasteiger partial charge in [-0.25, -0.2) is 19.3 Å². The summed E-state index contributed by atoms with van der Waals surface area (Å²) < 4.78 is 12.8. The van der Waals surface area contributed by atoms with E-state index in [-0.39, 0.29) is 5.92 Å². The summed E-state index contributed by atoms with van der Waals surface area (Å²) >= 11 is 0. The van der Waals surface area contributed by atoms with Gasteiger partial charge in [0.1, 0.15) is 11.5 Å². The van der Waals surface area contributed by atoms with Crippen molar-refractivity contribution < 1.29 is 14.3 Å². The second kappa shape index (κ2) is 4.96. The Kier molecular flexibility index (Phi) is 3.14. The van der Waals surface area contributed by atoms with Gasteiger partial charge in [-0.2, -0.15) is 0 Å². The van der Waals surface area contributed by atoms with Gasteiger partial charge >= 0.3 is 5.97 Å². The molecule has 0 aliphatic heterocycles. The van der Waals surface area contributed by atoms with E-state index in [4.69, 9.17) is 5.11 Å². The molecule has 1 N–H and O–H groups in total. The monoisotopic (exact) mass is 273 g/mol. The number of aromatic nitrogens is 3. The number of halogens is 1. The summed E-state index contributed by atoms with van der Waals surface area (Å²) in [7, 11) is 0. The lowest BCUT2D eigenvalue weighted by molar-refractivity contribution is -0.142. The Balaban J connectivity index is 1.91. The minimum Gasteiger partial charge on any atom is -0.481 e. The molecule has 1 unspecified atom stereocenters. The lowest BCUT2D eigenvalue weighted by Gasteiger charge is -2.20. The Morgan fingerprint density at radius 2 is 2.15 bits per heavy atom. The Labute approximate surface area is 114 Å². The van der Waals surface area contributed by atoms with E-state index in [0.29, 0.717) is 30.8 Å². The molecule has 0 amide bonds. The molecule has 0 saturated heterocycles. The zero-order valence-electron chi connectivity index (χ0n) is 10.6. The molecule has 2 heterocycles. The van der Waals surface area contributed by atoms with Crippen molar-refractivity contribution in [3.8, 4) is 11.5 Å². The molecule has 0 spiro atoms. The van der Waals surface area contributed by atoms with Gasteiger partial charge in [0, 0.05) is 11.9 Å². The number of nitrogens with zero attached hydrogens (tertiary/aromatic N) is 3. The average molecular weight is 273 g/mol. The van der Waals surface area contributed by atoms with Crippen molar-refractivity contribution in [3.63, 3.8) is 0 Å². The summed E-state index contributed by atoms with van der Waals surface area (Å²) in [5, 5.41) is 9.04. The van der Waals surface area contributed by atoms with Crippen molar-refractivity contribution in [1.29, 1.82) is 0 Å². The third-order valence-electron chi connectivity index (χ3n) is 3.46. The first-order valence-electron chi connectivity index (χ1n) is 6.33. The summed E-state index contributed by atoms with van der Waals surface area (Å²) in [5.41, 5.74) is 2.24. The van der Waals surface area contributed by atoms with E-state index in [1.165, 1.54) is 12.1 Å². The average Bonchev–Trinajstić information content (AvgIpc) is 2.47. The van der Waals surface area contributed by atoms with Crippen molar-refractivity contribution in [3.05, 3.63) is 41.6 Å². The zero-order valence-corrected chi connectivity index (χ0v) is 10.6. The van der Waals surface area contributed by atoms with E-state index in [1.807, 2.05) is 0 Å². The number of hydrogen-bond donors (Lipinski definition) is 1. The number of carbonyl (C=O) groups is 1. The van der Waals surface area contributed by atoms with Crippen LogP contribution in [0.5, 0.6) is 0 Å². The molecule has 1 aliphatic carbocycles. The van der Waals surface area contributed by atoms with Crippen LogP contribution in [0, 0.1) is 11.7 Å². The van der Waals surface area contributed by atoms with Crippen molar-refractivity contribution in [2.24, 2.45) is 5.92 Å². The van der Waals surface area contributed by atoms with Gasteiger partial charge in [0.15, 0.2) is 5.82 Å². The van der Waals surface area contributed by atoms with Crippen LogP contribution in [0.4, 0.5) is 4.39 Å². The smallest absolute Gasteiger partial charge is 0.306 e. The Bertz CT molecular complexity index is 658. The SMILES string of the molecule is O=C(O)C1CCc2nc(-c3ccc(F)cn3)ncc2C1. The molecule has 102 valence electrons. The van der Waals surface area contributed by atoms with Crippen LogP contribution in [0.1, 0.15) is 17.7 Å². The van der Waals surface area contributed by atoms with Crippen LogP contribution in [0.15, 0.2) is 24.5 Å². The quantitative estimate of drug-likeness (QED) is 0.904. The number of aliphatic carboxylic acids is 1. The first-order valence-corrected chi connectivity index (χ1v) is 6.33. The van der Waals surface area contributed by atoms with Crippen LogP contribution in [-0.2, 0) is 17.6 Å². The number of carboxylic acid groups (broad SMARTS) is 1. The van der Waals surface area contributed by atoms with Crippen LogP contribution >= 0.6 is 0 Å². The normalized spacial score (nSPS) is 17.6. The van der Waals surface area contributed by atoms with E-state index in [0.717, 1.165) is 17.5 Å². The molecule has 5 nitrogen and oxygen atoms in total. The predicted octanol–water partition coefficient (Wildman–Crippen LogP) is 1.87. The molecule has 0 saturated carbocycles. The van der Waals surface area contributed by atoms with Crippen LogP contribution in [0.3, 0.4) is 0 Å². The molecule has 2 aromatic heterocycles. The maximum Gasteiger partial charge on any atom is 0.306 e. The fourth-order valence-electron chi connectivity index (χ4n) is 2.35. The highest BCUT2D eigenvalue weighted by Gasteiger charge is 2.25. The molecule has 0 fully saturated rings. The molecule has 2 aromatic rings. The molecule has 0 bridgehead atoms. The van der Waals surface area contributed by atoms with Crippen LogP contribution in [-0.4, -0.2) is 26.0 Å². The van der Waals surface area contributed by atoms with E-state index in [1.54, 1.807) is 6.20 Å². The third kappa shape index (κ3) is 2.36. The molecule has 1 aliphatic rings. The van der Waals surface area contributed by atoms with E-state index < -0.39 is 11.8 Å². The summed E-state index contributed by atoms with van der Waals surface area (Å²) in [6.07, 6.45) is 4.43. The predicted molar refractivity (Wildman–Crippen MR) is 68.4 cm³/mol. The number of rotatable bonds is 2. The molecule has 0 radical (unpaired) electrons. The fraction of sp³-hybridized carbons (Fsp3) is 0.286. The first kappa shape index (κ1) is 12.7. The maximum absolute atomic E-state index is 12.8. The van der Waals surface area contributed by atoms with Crippen LogP contribution in [0.25, 0.3) is 11.5 Å². The highest BCUT2D eigenvalue weighted by Crippen LogP contribution is 2.25. The lowest BCUT2D eigenvalue weighted by Crippen LogP contribution is -2.23. The number of fused-ring (bicyclic) bond motifs is 1. The Morgan fingerprint density at radius 3 is 2.85 bits per heavy atom. The second-order valence-corrected chi connectivity index (χ2v) is 4.81. The Morgan fingerprint density at radius 1 is 1.30 bits per heavy atom. The van der Waals surface area contributed by atoms with Crippen molar-refractivity contribution in [2.45, 2.75) is 19.3 Å². The van der Waals surface area contributed by atoms with E-state index >= 15 is 0 Å². The van der Waals surface area contributed by atoms with Crippen LogP contribution in [0.2, 0.25) is 0 Å². The molecule has 3 rings (SSSR count). The standard InChI is InChI=1S/C14H12FN3O2/c15-10-2-4-12(16-7-10)13-17-6-9-5-8(14(19)20)1-3-11(9)18-13/h2,4,6-8H,1,3,5H2,(H,19,20). The highest BCUT2D eigenvalue weighted by atomic mass is 19.1. The first-order chi connectivity index (χ1) is 9.63. The third-order valence-corrected chi connectivity index (χ3v) is 3.46. The minimum absolute atomic E-state index is 0.360. The molecule has 20 heavy (non-hydrogen) atoms. The number of aryl methyl sites for hydroxylation is 1. The van der Waals surface area contributed by atoms with Gasteiger partial charge < -0.3 is 5.11 Å². The van der Waals surface area contributed by atoms with Crippen molar-refractivity contribution in [1.82, 2.24) is 15.0 Å². The van der Waals surface area contributed by atoms with Gasteiger partial charge in [-0.3, -0.25) is 4.79 Å². The number of carboxylic acids is 1. The number of hydrogen-bond acceptors (Lipinski definition) is 4. The largest absolute Gasteiger partial charge is 0.481 e. The molecule has 1 atom stereocenters. The molecule has 0 aromatic carbocycles. The van der Waals surface area contributed by atoms with Crippen molar-refractivity contribution >= 4 is 5.97 Å². The summed E-state index contributed by atoms with van der Waals surface area (Å²) in [4.78, 5) is 23.6. The lowest BCUT2D eigenvalue weighted by atomic mass is 9.87. The van der Waals surface area contributed by atoms with Gasteiger partial charge in [0.25, 0.3) is 0 Å². The summed E-state index contributed by atoms with van der Waals surface area (Å²) in [6.45, 7) is 0. The molecular weight excluding hydrogens is 261 g/mol. The van der Waals surface area contributed by atoms with Crippen LogP contribution < -0.4 is 0 Å². The maximum atomic E-state index is 12.8. The van der Waals surface area contributed by atoms with Gasteiger partial charge in [-0.05, 0) is 37.0 Å². The zero-order chi connectivity index (χ0) is 14.1. The van der Waals surface area contributed by atoms with Gasteiger partial charge in [-0.1, -0.05) is 0 Å². The number of pyridine rings is 1. The van der Waals surface area contributed by atoms with Gasteiger partial charge in [0.2, 0.25) is 0 Å². The van der Waals surface area contributed by atoms with E-state index in [9.17, 15) is 9.18 Å². The minimum atomic E-state index is -0.778. The Hall–Kier alpha value is -2.37. The van der Waals surface area contributed by atoms with Gasteiger partial charge in [0.05, 0.1) is 12.1 Å². The van der Waals surface area contributed by atoms with E-state index in [2.05, 4.69) is 15.0 Å². The topological polar surface area (TPSA) is 76.0 Å². The summed E-state index contributed by atoms with van der Waals surface area (Å²) in [6, 6.07) is 2.84. The molecular formula is C14H12FN3O2. The second-order valence-electron chi connectivity index (χ2n) is 4.81. The molecule has 6 heteroatoms. The highest BCUT2D eigenvalue weighted by molar-refractivity contribution is 5.71. The fourth-order valence-corrected chi connectivity index (χ4v) is 2.35.